The number of methoxy groups -OCH3 is 1. The number of nitrogens with one attached hydrogen (secondary N) is 1. The van der Waals surface area contributed by atoms with Crippen LogP contribution in [0.3, 0.4) is 0 Å². The van der Waals surface area contributed by atoms with Crippen LogP contribution in [0.5, 0.6) is 5.75 Å². The van der Waals surface area contributed by atoms with Gasteiger partial charge in [-0.3, -0.25) is 0 Å². The molecule has 22 heavy (non-hydrogen) atoms. The third kappa shape index (κ3) is 4.39. The Bertz CT molecular complexity index is 582. The molecule has 1 aromatic rings. The van der Waals surface area contributed by atoms with Crippen molar-refractivity contribution >= 4 is 10.2 Å². The van der Waals surface area contributed by atoms with Crippen molar-refractivity contribution in [2.24, 2.45) is 0 Å². The second kappa shape index (κ2) is 7.87. The molecule has 0 aliphatic carbocycles. The summed E-state index contributed by atoms with van der Waals surface area (Å²) in [6.45, 7) is 1.000. The third-order valence-electron chi connectivity index (χ3n) is 3.47. The van der Waals surface area contributed by atoms with Gasteiger partial charge in [-0.15, -0.1) is 0 Å². The molecule has 1 atom stereocenters. The van der Waals surface area contributed by atoms with E-state index in [9.17, 15) is 12.8 Å². The van der Waals surface area contributed by atoms with Gasteiger partial charge in [0, 0.05) is 26.2 Å². The first kappa shape index (κ1) is 17.1. The van der Waals surface area contributed by atoms with Crippen molar-refractivity contribution < 1.29 is 22.3 Å². The molecule has 6 nitrogen and oxygen atoms in total. The molecule has 8 heteroatoms. The fourth-order valence-corrected chi connectivity index (χ4v) is 3.90. The van der Waals surface area contributed by atoms with Gasteiger partial charge in [0.1, 0.15) is 6.61 Å². The van der Waals surface area contributed by atoms with Crippen molar-refractivity contribution in [1.29, 1.82) is 0 Å². The van der Waals surface area contributed by atoms with E-state index >= 15 is 0 Å². The number of rotatable bonds is 8. The summed E-state index contributed by atoms with van der Waals surface area (Å²) in [6.07, 6.45) is 1.61. The second-order valence-corrected chi connectivity index (χ2v) is 6.75. The lowest BCUT2D eigenvalue weighted by molar-refractivity contribution is 0.148. The van der Waals surface area contributed by atoms with Crippen LogP contribution in [0.2, 0.25) is 0 Å². The van der Waals surface area contributed by atoms with Crippen molar-refractivity contribution in [3.05, 3.63) is 30.1 Å². The number of hydrogen-bond acceptors (Lipinski definition) is 4. The van der Waals surface area contributed by atoms with Gasteiger partial charge >= 0.3 is 0 Å². The molecular weight excluding hydrogens is 311 g/mol. The molecule has 1 fully saturated rings. The zero-order chi connectivity index (χ0) is 16.0. The van der Waals surface area contributed by atoms with Gasteiger partial charge in [0.2, 0.25) is 0 Å². The Morgan fingerprint density at radius 3 is 2.91 bits per heavy atom. The normalized spacial score (nSPS) is 19.5. The number of hydrogen-bond donors (Lipinski definition) is 1. The highest BCUT2D eigenvalue weighted by molar-refractivity contribution is 7.87. The van der Waals surface area contributed by atoms with Crippen molar-refractivity contribution in [2.45, 2.75) is 18.9 Å². The maximum absolute atomic E-state index is 13.3. The summed E-state index contributed by atoms with van der Waals surface area (Å²) < 4.78 is 52.0. The lowest BCUT2D eigenvalue weighted by Gasteiger charge is -2.23. The summed E-state index contributed by atoms with van der Waals surface area (Å²) in [7, 11) is -2.01. The van der Waals surface area contributed by atoms with Crippen LogP contribution in [0.1, 0.15) is 12.8 Å². The van der Waals surface area contributed by atoms with E-state index in [4.69, 9.17) is 9.47 Å². The van der Waals surface area contributed by atoms with Gasteiger partial charge in [-0.25, -0.2) is 4.39 Å². The fraction of sp³-hybridized carbons (Fsp3) is 0.571. The van der Waals surface area contributed by atoms with Crippen LogP contribution in [0.15, 0.2) is 24.3 Å². The Morgan fingerprint density at radius 2 is 2.18 bits per heavy atom. The van der Waals surface area contributed by atoms with Gasteiger partial charge in [-0.2, -0.15) is 17.4 Å². The highest BCUT2D eigenvalue weighted by Crippen LogP contribution is 2.20. The smallest absolute Gasteiger partial charge is 0.279 e. The zero-order valence-electron chi connectivity index (χ0n) is 12.5. The molecule has 1 heterocycles. The topological polar surface area (TPSA) is 67.9 Å². The molecule has 0 amide bonds. The van der Waals surface area contributed by atoms with Crippen molar-refractivity contribution in [3.63, 3.8) is 0 Å². The molecule has 0 saturated carbocycles. The van der Waals surface area contributed by atoms with Crippen LogP contribution in [0.25, 0.3) is 0 Å². The Hall–Kier alpha value is -1.22. The summed E-state index contributed by atoms with van der Waals surface area (Å²) in [5.41, 5.74) is 0. The predicted octanol–water partition coefficient (Wildman–Crippen LogP) is 1.15. The lowest BCUT2D eigenvalue weighted by Crippen LogP contribution is -2.45. The van der Waals surface area contributed by atoms with Gasteiger partial charge in [-0.05, 0) is 25.0 Å². The Kier molecular flexibility index (Phi) is 6.13. The minimum atomic E-state index is -3.57. The van der Waals surface area contributed by atoms with Gasteiger partial charge < -0.3 is 9.47 Å². The standard InChI is InChI=1S/C14H21FN2O4S/c1-20-11-12-5-4-9-17(12)22(18,19)16-8-10-21-14-7-3-2-6-13(14)15/h2-3,6-7,12,16H,4-5,8-11H2,1H3/t12-/m0/s1. The molecule has 0 aromatic heterocycles. The lowest BCUT2D eigenvalue weighted by atomic mass is 10.2. The van der Waals surface area contributed by atoms with Crippen LogP contribution in [-0.4, -0.2) is 52.2 Å². The minimum Gasteiger partial charge on any atom is -0.489 e. The molecule has 1 aliphatic rings. The number of para-hydroxylation sites is 1. The average molecular weight is 332 g/mol. The van der Waals surface area contributed by atoms with E-state index in [1.54, 1.807) is 19.2 Å². The summed E-state index contributed by atoms with van der Waals surface area (Å²) >= 11 is 0. The van der Waals surface area contributed by atoms with Gasteiger partial charge in [-0.1, -0.05) is 12.1 Å². The van der Waals surface area contributed by atoms with E-state index in [1.165, 1.54) is 16.4 Å². The number of ether oxygens (including phenoxy) is 2. The Balaban J connectivity index is 1.81. The molecule has 1 saturated heterocycles. The predicted molar refractivity (Wildman–Crippen MR) is 80.4 cm³/mol. The number of halogens is 1. The maximum Gasteiger partial charge on any atom is 0.279 e. The first-order chi connectivity index (χ1) is 10.5. The summed E-state index contributed by atoms with van der Waals surface area (Å²) in [5, 5.41) is 0. The maximum atomic E-state index is 13.3. The van der Waals surface area contributed by atoms with Gasteiger partial charge in [0.25, 0.3) is 10.2 Å². The molecule has 2 rings (SSSR count). The van der Waals surface area contributed by atoms with Crippen LogP contribution in [-0.2, 0) is 14.9 Å². The van der Waals surface area contributed by atoms with E-state index in [1.807, 2.05) is 0 Å². The third-order valence-corrected chi connectivity index (χ3v) is 5.14. The van der Waals surface area contributed by atoms with Crippen LogP contribution in [0.4, 0.5) is 4.39 Å². The SMILES string of the molecule is COC[C@@H]1CCCN1S(=O)(=O)NCCOc1ccccc1F. The number of benzene rings is 1. The fourth-order valence-electron chi connectivity index (χ4n) is 2.46. The number of nitrogens with zero attached hydrogens (tertiary/aromatic N) is 1. The van der Waals surface area contributed by atoms with E-state index in [-0.39, 0.29) is 24.9 Å². The second-order valence-electron chi connectivity index (χ2n) is 5.04. The highest BCUT2D eigenvalue weighted by Gasteiger charge is 2.33. The molecule has 1 aliphatic heterocycles. The first-order valence-electron chi connectivity index (χ1n) is 7.17. The van der Waals surface area contributed by atoms with E-state index in [0.29, 0.717) is 13.2 Å². The quantitative estimate of drug-likeness (QED) is 0.725. The van der Waals surface area contributed by atoms with Crippen LogP contribution >= 0.6 is 0 Å². The average Bonchev–Trinajstić information content (AvgIpc) is 2.95. The summed E-state index contributed by atoms with van der Waals surface area (Å²) in [4.78, 5) is 0. The van der Waals surface area contributed by atoms with Gasteiger partial charge in [0.15, 0.2) is 11.6 Å². The zero-order valence-corrected chi connectivity index (χ0v) is 13.3. The van der Waals surface area contributed by atoms with E-state index in [2.05, 4.69) is 4.72 Å². The van der Waals surface area contributed by atoms with Crippen LogP contribution < -0.4 is 9.46 Å². The van der Waals surface area contributed by atoms with Gasteiger partial charge in [0.05, 0.1) is 6.61 Å². The van der Waals surface area contributed by atoms with Crippen LogP contribution in [0, 0.1) is 5.82 Å². The molecule has 124 valence electrons. The van der Waals surface area contributed by atoms with Crippen molar-refractivity contribution in [2.75, 3.05) is 33.4 Å². The Morgan fingerprint density at radius 1 is 1.41 bits per heavy atom. The minimum absolute atomic E-state index is 0.0585. The molecule has 1 aromatic carbocycles. The Labute approximate surface area is 130 Å². The summed E-state index contributed by atoms with van der Waals surface area (Å²) in [5.74, 6) is -0.356. The van der Waals surface area contributed by atoms with E-state index in [0.717, 1.165) is 12.8 Å². The molecule has 0 bridgehead atoms. The first-order valence-corrected chi connectivity index (χ1v) is 8.61. The molecule has 1 N–H and O–H groups in total. The summed E-state index contributed by atoms with van der Waals surface area (Å²) in [6, 6.07) is 5.88. The molecule has 0 unspecified atom stereocenters. The highest BCUT2D eigenvalue weighted by atomic mass is 32.2. The molecular formula is C14H21FN2O4S. The molecule has 0 radical (unpaired) electrons. The largest absolute Gasteiger partial charge is 0.489 e. The molecule has 0 spiro atoms. The monoisotopic (exact) mass is 332 g/mol. The van der Waals surface area contributed by atoms with E-state index < -0.39 is 16.0 Å². The van der Waals surface area contributed by atoms with Crippen molar-refractivity contribution in [1.82, 2.24) is 9.03 Å². The van der Waals surface area contributed by atoms with Crippen molar-refractivity contribution in [3.8, 4) is 5.75 Å².